The molecule has 0 fully saturated rings. The van der Waals surface area contributed by atoms with Crippen molar-refractivity contribution in [3.05, 3.63) is 89.6 Å². The van der Waals surface area contributed by atoms with E-state index in [0.717, 1.165) is 23.4 Å². The average molecular weight is 458 g/mol. The lowest BCUT2D eigenvalue weighted by molar-refractivity contribution is -0.274. The molecule has 1 amide bonds. The van der Waals surface area contributed by atoms with Crippen LogP contribution in [0.1, 0.15) is 10.4 Å². The van der Waals surface area contributed by atoms with Crippen LogP contribution in [-0.4, -0.2) is 22.2 Å². The van der Waals surface area contributed by atoms with Crippen LogP contribution in [0.2, 0.25) is 5.02 Å². The Morgan fingerprint density at radius 2 is 1.78 bits per heavy atom. The summed E-state index contributed by atoms with van der Waals surface area (Å²) in [5, 5.41) is 3.06. The van der Waals surface area contributed by atoms with Crippen molar-refractivity contribution < 1.29 is 22.7 Å². The van der Waals surface area contributed by atoms with Gasteiger partial charge in [-0.3, -0.25) is 4.79 Å². The van der Waals surface area contributed by atoms with Crippen LogP contribution in [0.25, 0.3) is 22.6 Å². The summed E-state index contributed by atoms with van der Waals surface area (Å²) in [4.78, 5) is 20.1. The number of halogens is 4. The molecule has 0 aliphatic rings. The van der Waals surface area contributed by atoms with E-state index in [0.29, 0.717) is 22.1 Å². The molecule has 1 heterocycles. The van der Waals surface area contributed by atoms with Crippen LogP contribution in [0.3, 0.4) is 0 Å². The number of aromatic amines is 1. The van der Waals surface area contributed by atoms with E-state index >= 15 is 0 Å². The molecule has 0 unspecified atom stereocenters. The second kappa shape index (κ2) is 8.76. The lowest BCUT2D eigenvalue weighted by atomic mass is 10.1. The molecule has 9 heteroatoms. The predicted octanol–water partition coefficient (Wildman–Crippen LogP) is 6.55. The van der Waals surface area contributed by atoms with E-state index in [2.05, 4.69) is 20.0 Å². The Kier molecular flexibility index (Phi) is 5.87. The fourth-order valence-electron chi connectivity index (χ4n) is 3.04. The molecule has 2 N–H and O–H groups in total. The van der Waals surface area contributed by atoms with Crippen molar-refractivity contribution in [1.29, 1.82) is 0 Å². The average Bonchev–Trinajstić information content (AvgIpc) is 3.25. The molecule has 1 aromatic heterocycles. The quantitative estimate of drug-likeness (QED) is 0.357. The van der Waals surface area contributed by atoms with Crippen LogP contribution in [-0.2, 0) is 0 Å². The van der Waals surface area contributed by atoms with Gasteiger partial charge < -0.3 is 15.0 Å². The van der Waals surface area contributed by atoms with Crippen molar-refractivity contribution in [3.63, 3.8) is 0 Å². The summed E-state index contributed by atoms with van der Waals surface area (Å²) in [5.41, 5.74) is 2.71. The number of hydrogen-bond donors (Lipinski definition) is 2. The fourth-order valence-corrected chi connectivity index (χ4v) is 3.25. The zero-order valence-corrected chi connectivity index (χ0v) is 17.0. The van der Waals surface area contributed by atoms with Crippen molar-refractivity contribution in [1.82, 2.24) is 9.97 Å². The summed E-state index contributed by atoms with van der Waals surface area (Å²) in [6.45, 7) is 0. The van der Waals surface area contributed by atoms with Gasteiger partial charge in [-0.2, -0.15) is 0 Å². The summed E-state index contributed by atoms with van der Waals surface area (Å²) in [6, 6.07) is 19.2. The fraction of sp³-hybridized carbons (Fsp3) is 0.0435. The number of hydrogen-bond acceptors (Lipinski definition) is 3. The van der Waals surface area contributed by atoms with E-state index in [4.69, 9.17) is 11.6 Å². The van der Waals surface area contributed by atoms with Gasteiger partial charge in [-0.15, -0.1) is 13.2 Å². The molecule has 4 aromatic rings. The minimum absolute atomic E-state index is 0.00705. The minimum Gasteiger partial charge on any atom is -0.406 e. The summed E-state index contributed by atoms with van der Waals surface area (Å²) >= 11 is 6.33. The zero-order chi connectivity index (χ0) is 22.7. The van der Waals surface area contributed by atoms with E-state index in [-0.39, 0.29) is 5.56 Å². The predicted molar refractivity (Wildman–Crippen MR) is 116 cm³/mol. The molecule has 0 aliphatic heterocycles. The number of anilines is 1. The second-order valence-electron chi connectivity index (χ2n) is 6.74. The molecule has 4 rings (SSSR count). The van der Waals surface area contributed by atoms with Crippen LogP contribution < -0.4 is 10.1 Å². The molecule has 0 saturated carbocycles. The van der Waals surface area contributed by atoms with Gasteiger partial charge in [-0.05, 0) is 42.0 Å². The SMILES string of the molecule is O=C(Nc1ccc(Cl)c(-c2ncc(-c3ccccc3)[nH]2)c1)c1cccc(OC(F)(F)F)c1. The van der Waals surface area contributed by atoms with Gasteiger partial charge in [-0.25, -0.2) is 4.98 Å². The van der Waals surface area contributed by atoms with E-state index < -0.39 is 18.0 Å². The Morgan fingerprint density at radius 1 is 1.00 bits per heavy atom. The number of alkyl halides is 3. The van der Waals surface area contributed by atoms with Crippen LogP contribution in [0, 0.1) is 0 Å². The van der Waals surface area contributed by atoms with Crippen molar-refractivity contribution >= 4 is 23.2 Å². The van der Waals surface area contributed by atoms with Crippen molar-refractivity contribution in [3.8, 4) is 28.4 Å². The first-order chi connectivity index (χ1) is 15.3. The molecule has 0 radical (unpaired) electrons. The van der Waals surface area contributed by atoms with Gasteiger partial charge in [0.2, 0.25) is 0 Å². The zero-order valence-electron chi connectivity index (χ0n) is 16.3. The molecule has 32 heavy (non-hydrogen) atoms. The Labute approximate surface area is 185 Å². The summed E-state index contributed by atoms with van der Waals surface area (Å²) in [7, 11) is 0. The van der Waals surface area contributed by atoms with E-state index in [1.54, 1.807) is 24.4 Å². The molecule has 0 bridgehead atoms. The van der Waals surface area contributed by atoms with Crippen LogP contribution in [0.15, 0.2) is 79.0 Å². The first kappa shape index (κ1) is 21.5. The maximum absolute atomic E-state index is 12.5. The van der Waals surface area contributed by atoms with Crippen LogP contribution in [0.5, 0.6) is 5.75 Å². The maximum Gasteiger partial charge on any atom is 0.573 e. The van der Waals surface area contributed by atoms with E-state index in [1.807, 2.05) is 30.3 Å². The Bertz CT molecular complexity index is 1260. The van der Waals surface area contributed by atoms with E-state index in [1.165, 1.54) is 12.1 Å². The second-order valence-corrected chi connectivity index (χ2v) is 7.14. The number of H-pyrrole nitrogens is 1. The molecule has 0 aliphatic carbocycles. The highest BCUT2D eigenvalue weighted by Gasteiger charge is 2.31. The topological polar surface area (TPSA) is 67.0 Å². The van der Waals surface area contributed by atoms with Crippen molar-refractivity contribution in [2.45, 2.75) is 6.36 Å². The lowest BCUT2D eigenvalue weighted by Crippen LogP contribution is -2.18. The Hall–Kier alpha value is -3.78. The van der Waals surface area contributed by atoms with Crippen molar-refractivity contribution in [2.75, 3.05) is 5.32 Å². The smallest absolute Gasteiger partial charge is 0.406 e. The number of rotatable bonds is 5. The van der Waals surface area contributed by atoms with Gasteiger partial charge in [0, 0.05) is 16.8 Å². The summed E-state index contributed by atoms with van der Waals surface area (Å²) in [6.07, 6.45) is -3.17. The lowest BCUT2D eigenvalue weighted by Gasteiger charge is -2.11. The first-order valence-electron chi connectivity index (χ1n) is 9.36. The summed E-state index contributed by atoms with van der Waals surface area (Å²) in [5.74, 6) is -0.577. The van der Waals surface area contributed by atoms with Gasteiger partial charge in [0.1, 0.15) is 11.6 Å². The monoisotopic (exact) mass is 457 g/mol. The molecule has 162 valence electrons. The Balaban J connectivity index is 1.55. The number of carbonyl (C=O) groups is 1. The molecular weight excluding hydrogens is 443 g/mol. The van der Waals surface area contributed by atoms with Gasteiger partial charge in [0.25, 0.3) is 5.91 Å². The molecule has 0 spiro atoms. The number of amides is 1. The van der Waals surface area contributed by atoms with Gasteiger partial charge in [0.15, 0.2) is 0 Å². The van der Waals surface area contributed by atoms with Crippen LogP contribution >= 0.6 is 11.6 Å². The standard InChI is InChI=1S/C23H15ClF3N3O2/c24-19-10-9-16(29-22(31)15-7-4-8-17(11-15)32-23(25,26)27)12-18(19)21-28-13-20(30-21)14-5-2-1-3-6-14/h1-13H,(H,28,30)(H,29,31). The third-order valence-corrected chi connectivity index (χ3v) is 4.80. The number of aromatic nitrogens is 2. The molecule has 5 nitrogen and oxygen atoms in total. The number of imidazole rings is 1. The number of benzene rings is 3. The minimum atomic E-state index is -4.85. The normalized spacial score (nSPS) is 11.2. The largest absolute Gasteiger partial charge is 0.573 e. The molecule has 0 atom stereocenters. The highest BCUT2D eigenvalue weighted by molar-refractivity contribution is 6.33. The van der Waals surface area contributed by atoms with Gasteiger partial charge >= 0.3 is 6.36 Å². The van der Waals surface area contributed by atoms with E-state index in [9.17, 15) is 18.0 Å². The van der Waals surface area contributed by atoms with Gasteiger partial charge in [-0.1, -0.05) is 48.0 Å². The molecular formula is C23H15ClF3N3O2. The van der Waals surface area contributed by atoms with Crippen LogP contribution in [0.4, 0.5) is 18.9 Å². The highest BCUT2D eigenvalue weighted by atomic mass is 35.5. The third-order valence-electron chi connectivity index (χ3n) is 4.47. The number of nitrogens with one attached hydrogen (secondary N) is 2. The summed E-state index contributed by atoms with van der Waals surface area (Å²) < 4.78 is 41.2. The molecule has 3 aromatic carbocycles. The van der Waals surface area contributed by atoms with Crippen molar-refractivity contribution in [2.24, 2.45) is 0 Å². The highest BCUT2D eigenvalue weighted by Crippen LogP contribution is 2.31. The third kappa shape index (κ3) is 5.09. The number of ether oxygens (including phenoxy) is 1. The van der Waals surface area contributed by atoms with Gasteiger partial charge in [0.05, 0.1) is 16.9 Å². The first-order valence-corrected chi connectivity index (χ1v) is 9.74. The maximum atomic E-state index is 12.5. The number of carbonyl (C=O) groups excluding carboxylic acids is 1. The Morgan fingerprint density at radius 3 is 2.53 bits per heavy atom. The number of nitrogens with zero attached hydrogens (tertiary/aromatic N) is 1. The molecule has 0 saturated heterocycles.